The summed E-state index contributed by atoms with van der Waals surface area (Å²) < 4.78 is 0. The number of rotatable bonds is 6. The van der Waals surface area contributed by atoms with Crippen LogP contribution in [0.5, 0.6) is 0 Å². The lowest BCUT2D eigenvalue weighted by Gasteiger charge is -2.07. The number of carbonyl (C=O) groups is 2. The fourth-order valence-electron chi connectivity index (χ4n) is 1.82. The Hall–Kier alpha value is -1.69. The summed E-state index contributed by atoms with van der Waals surface area (Å²) in [6, 6.07) is 12.4. The largest absolute Gasteiger partial charge is 0.368 e. The van der Waals surface area contributed by atoms with Gasteiger partial charge in [0, 0.05) is 21.2 Å². The third kappa shape index (κ3) is 5.46. The Balaban J connectivity index is 2.03. The number of nitrogens with one attached hydrogen (secondary N) is 1. The van der Waals surface area contributed by atoms with Crippen LogP contribution in [-0.4, -0.2) is 18.4 Å². The fourth-order valence-corrected chi connectivity index (χ4v) is 3.26. The number of nitrogens with two attached hydrogens (primary N) is 1. The molecule has 0 heterocycles. The number of thioether (sulfide) groups is 1. The number of benzene rings is 2. The normalized spacial score (nSPS) is 10.3. The van der Waals surface area contributed by atoms with Crippen molar-refractivity contribution in [2.45, 2.75) is 10.6 Å². The number of hydrogen-bond donors (Lipinski definition) is 2. The third-order valence-electron chi connectivity index (χ3n) is 2.90. The molecule has 0 saturated heterocycles. The van der Waals surface area contributed by atoms with Gasteiger partial charge in [-0.05, 0) is 35.9 Å². The zero-order chi connectivity index (χ0) is 16.8. The Morgan fingerprint density at radius 2 is 1.91 bits per heavy atom. The molecule has 23 heavy (non-hydrogen) atoms. The molecule has 2 amide bonds. The van der Waals surface area contributed by atoms with Crippen molar-refractivity contribution < 1.29 is 9.59 Å². The summed E-state index contributed by atoms with van der Waals surface area (Å²) in [5.74, 6) is -0.283. The first-order valence-electron chi connectivity index (χ1n) is 6.69. The fraction of sp³-hybridized carbons (Fsp3) is 0.125. The second-order valence-electron chi connectivity index (χ2n) is 4.71. The lowest BCUT2D eigenvalue weighted by Crippen LogP contribution is -2.33. The number of halogens is 2. The van der Waals surface area contributed by atoms with E-state index in [1.807, 2.05) is 6.07 Å². The van der Waals surface area contributed by atoms with Gasteiger partial charge in [-0.25, -0.2) is 0 Å². The van der Waals surface area contributed by atoms with Crippen molar-refractivity contribution in [2.75, 3.05) is 6.54 Å². The quantitative estimate of drug-likeness (QED) is 0.766. The summed E-state index contributed by atoms with van der Waals surface area (Å²) in [6.07, 6.45) is 0. The standard InChI is InChI=1S/C16H14Cl2N2O2S/c17-12-4-5-13(18)14(7-12)23-9-10-2-1-3-11(6-10)16(22)20-8-15(19)21/h1-7H,8-9H2,(H2,19,21)(H,20,22). The van der Waals surface area contributed by atoms with Gasteiger partial charge in [-0.2, -0.15) is 0 Å². The molecule has 0 aliphatic carbocycles. The minimum Gasteiger partial charge on any atom is -0.368 e. The monoisotopic (exact) mass is 368 g/mol. The van der Waals surface area contributed by atoms with Crippen molar-refractivity contribution in [3.05, 3.63) is 63.6 Å². The molecule has 0 atom stereocenters. The van der Waals surface area contributed by atoms with E-state index in [4.69, 9.17) is 28.9 Å². The molecule has 2 aromatic rings. The zero-order valence-corrected chi connectivity index (χ0v) is 14.3. The molecule has 7 heteroatoms. The molecule has 0 fully saturated rings. The highest BCUT2D eigenvalue weighted by Crippen LogP contribution is 2.32. The van der Waals surface area contributed by atoms with Crippen molar-refractivity contribution in [3.63, 3.8) is 0 Å². The molecule has 0 aromatic heterocycles. The first-order chi connectivity index (χ1) is 11.0. The summed E-state index contributed by atoms with van der Waals surface area (Å²) >= 11 is 13.6. The van der Waals surface area contributed by atoms with Crippen LogP contribution < -0.4 is 11.1 Å². The number of carbonyl (C=O) groups excluding carboxylic acids is 2. The highest BCUT2D eigenvalue weighted by Gasteiger charge is 2.08. The zero-order valence-electron chi connectivity index (χ0n) is 12.0. The topological polar surface area (TPSA) is 72.2 Å². The van der Waals surface area contributed by atoms with Gasteiger partial charge in [-0.15, -0.1) is 11.8 Å². The molecule has 2 aromatic carbocycles. The number of hydrogen-bond acceptors (Lipinski definition) is 3. The summed E-state index contributed by atoms with van der Waals surface area (Å²) in [7, 11) is 0. The van der Waals surface area contributed by atoms with E-state index in [1.165, 1.54) is 11.8 Å². The molecule has 0 radical (unpaired) electrons. The molecule has 0 aliphatic heterocycles. The van der Waals surface area contributed by atoms with Crippen LogP contribution in [0.3, 0.4) is 0 Å². The molecule has 3 N–H and O–H groups in total. The first kappa shape index (κ1) is 17.7. The Morgan fingerprint density at radius 3 is 2.65 bits per heavy atom. The Labute approximate surface area is 148 Å². The van der Waals surface area contributed by atoms with Gasteiger partial charge in [-0.1, -0.05) is 35.3 Å². The van der Waals surface area contributed by atoms with E-state index in [9.17, 15) is 9.59 Å². The van der Waals surface area contributed by atoms with E-state index in [2.05, 4.69) is 5.32 Å². The smallest absolute Gasteiger partial charge is 0.251 e. The highest BCUT2D eigenvalue weighted by atomic mass is 35.5. The summed E-state index contributed by atoms with van der Waals surface area (Å²) in [5, 5.41) is 3.71. The van der Waals surface area contributed by atoms with Crippen LogP contribution in [0.25, 0.3) is 0 Å². The van der Waals surface area contributed by atoms with E-state index in [-0.39, 0.29) is 12.5 Å². The van der Waals surface area contributed by atoms with Crippen molar-refractivity contribution in [1.82, 2.24) is 5.32 Å². The summed E-state index contributed by atoms with van der Waals surface area (Å²) in [4.78, 5) is 23.5. The second kappa shape index (κ2) is 8.24. The average Bonchev–Trinajstić information content (AvgIpc) is 2.53. The van der Waals surface area contributed by atoms with Gasteiger partial charge in [0.15, 0.2) is 0 Å². The predicted octanol–water partition coefficient (Wildman–Crippen LogP) is 3.50. The SMILES string of the molecule is NC(=O)CNC(=O)c1cccc(CSc2cc(Cl)ccc2Cl)c1. The van der Waals surface area contributed by atoms with E-state index in [0.29, 0.717) is 21.4 Å². The van der Waals surface area contributed by atoms with Crippen molar-refractivity contribution in [3.8, 4) is 0 Å². The highest BCUT2D eigenvalue weighted by molar-refractivity contribution is 7.98. The van der Waals surface area contributed by atoms with Crippen molar-refractivity contribution in [2.24, 2.45) is 5.73 Å². The van der Waals surface area contributed by atoms with E-state index in [0.717, 1.165) is 10.5 Å². The summed E-state index contributed by atoms with van der Waals surface area (Å²) in [6.45, 7) is -0.185. The van der Waals surface area contributed by atoms with Gasteiger partial charge in [0.1, 0.15) is 0 Å². The molecule has 0 bridgehead atoms. The van der Waals surface area contributed by atoms with Crippen LogP contribution in [0.2, 0.25) is 10.0 Å². The lowest BCUT2D eigenvalue weighted by atomic mass is 10.1. The first-order valence-corrected chi connectivity index (χ1v) is 8.43. The Kier molecular flexibility index (Phi) is 6.33. The molecule has 0 aliphatic rings. The van der Waals surface area contributed by atoms with Gasteiger partial charge < -0.3 is 11.1 Å². The van der Waals surface area contributed by atoms with E-state index >= 15 is 0 Å². The molecule has 2 rings (SSSR count). The van der Waals surface area contributed by atoms with Crippen LogP contribution in [0.4, 0.5) is 0 Å². The van der Waals surface area contributed by atoms with Gasteiger partial charge >= 0.3 is 0 Å². The maximum atomic E-state index is 11.9. The molecule has 4 nitrogen and oxygen atoms in total. The Bertz CT molecular complexity index is 738. The van der Waals surface area contributed by atoms with Gasteiger partial charge in [-0.3, -0.25) is 9.59 Å². The molecular formula is C16H14Cl2N2O2S. The molecule has 0 saturated carbocycles. The molecular weight excluding hydrogens is 355 g/mol. The molecule has 0 unspecified atom stereocenters. The third-order valence-corrected chi connectivity index (χ3v) is 4.70. The van der Waals surface area contributed by atoms with Crippen LogP contribution in [0, 0.1) is 0 Å². The van der Waals surface area contributed by atoms with E-state index < -0.39 is 5.91 Å². The van der Waals surface area contributed by atoms with Crippen LogP contribution in [0.1, 0.15) is 15.9 Å². The van der Waals surface area contributed by atoms with Crippen LogP contribution in [0.15, 0.2) is 47.4 Å². The average molecular weight is 369 g/mol. The number of amides is 2. The number of primary amides is 1. The Morgan fingerprint density at radius 1 is 1.13 bits per heavy atom. The second-order valence-corrected chi connectivity index (χ2v) is 6.57. The van der Waals surface area contributed by atoms with Gasteiger partial charge in [0.05, 0.1) is 11.6 Å². The van der Waals surface area contributed by atoms with Crippen molar-refractivity contribution >= 4 is 46.8 Å². The minimum atomic E-state index is -0.583. The van der Waals surface area contributed by atoms with Crippen LogP contribution in [-0.2, 0) is 10.5 Å². The minimum absolute atomic E-state index is 0.185. The summed E-state index contributed by atoms with van der Waals surface area (Å²) in [5.41, 5.74) is 6.44. The van der Waals surface area contributed by atoms with Crippen LogP contribution >= 0.6 is 35.0 Å². The van der Waals surface area contributed by atoms with E-state index in [1.54, 1.807) is 36.4 Å². The maximum absolute atomic E-state index is 11.9. The predicted molar refractivity (Wildman–Crippen MR) is 94.0 cm³/mol. The maximum Gasteiger partial charge on any atom is 0.251 e. The van der Waals surface area contributed by atoms with Gasteiger partial charge in [0.25, 0.3) is 5.91 Å². The lowest BCUT2D eigenvalue weighted by molar-refractivity contribution is -0.117. The molecule has 0 spiro atoms. The van der Waals surface area contributed by atoms with Gasteiger partial charge in [0.2, 0.25) is 5.91 Å². The molecule has 120 valence electrons. The van der Waals surface area contributed by atoms with Crippen molar-refractivity contribution in [1.29, 1.82) is 0 Å².